The van der Waals surface area contributed by atoms with Crippen LogP contribution in [0.15, 0.2) is 54.2 Å². The van der Waals surface area contributed by atoms with Gasteiger partial charge in [-0.2, -0.15) is 5.10 Å². The van der Waals surface area contributed by atoms with Crippen LogP contribution in [-0.4, -0.2) is 36.4 Å². The molecule has 0 aliphatic carbocycles. The van der Waals surface area contributed by atoms with Crippen LogP contribution < -0.4 is 5.32 Å². The minimum Gasteiger partial charge on any atom is -0.333 e. The number of amides is 1. The number of carbonyl (C=O) groups is 1. The molecule has 1 amide bonds. The highest BCUT2D eigenvalue weighted by molar-refractivity contribution is 7.99. The molecule has 27 heavy (non-hydrogen) atoms. The lowest BCUT2D eigenvalue weighted by molar-refractivity contribution is -0.113. The summed E-state index contributed by atoms with van der Waals surface area (Å²) in [5.41, 5.74) is 4.25. The van der Waals surface area contributed by atoms with E-state index in [1.54, 1.807) is 29.2 Å². The van der Waals surface area contributed by atoms with E-state index in [1.807, 2.05) is 25.1 Å². The largest absolute Gasteiger partial charge is 0.333 e. The van der Waals surface area contributed by atoms with Gasteiger partial charge >= 0.3 is 0 Å². The molecule has 0 aliphatic heterocycles. The molecule has 0 fully saturated rings. The molecule has 0 spiro atoms. The average molecular weight is 399 g/mol. The van der Waals surface area contributed by atoms with Crippen molar-refractivity contribution in [3.05, 3.63) is 59.6 Å². The summed E-state index contributed by atoms with van der Waals surface area (Å²) < 4.78 is 1.57. The molecule has 0 radical (unpaired) electrons. The first-order chi connectivity index (χ1) is 13.1. The quantitative estimate of drug-likeness (QED) is 0.499. The zero-order chi connectivity index (χ0) is 18.8. The van der Waals surface area contributed by atoms with Crippen molar-refractivity contribution in [3.8, 4) is 5.69 Å². The molecule has 136 valence electrons. The molecule has 4 aromatic rings. The Balaban J connectivity index is 1.47. The van der Waals surface area contributed by atoms with Crippen LogP contribution in [0.3, 0.4) is 0 Å². The number of H-pyrrole nitrogens is 1. The van der Waals surface area contributed by atoms with Gasteiger partial charge in [0.2, 0.25) is 5.91 Å². The zero-order valence-corrected chi connectivity index (χ0v) is 15.9. The van der Waals surface area contributed by atoms with Gasteiger partial charge in [-0.05, 0) is 42.8 Å². The summed E-state index contributed by atoms with van der Waals surface area (Å²) in [6.07, 6.45) is 2.99. The van der Waals surface area contributed by atoms with E-state index in [0.717, 1.165) is 16.6 Å². The van der Waals surface area contributed by atoms with Crippen molar-refractivity contribution in [2.24, 2.45) is 0 Å². The number of aromatic amines is 1. The third kappa shape index (κ3) is 3.96. The fraction of sp³-hybridized carbons (Fsp3) is 0.111. The second kappa shape index (κ2) is 7.42. The van der Waals surface area contributed by atoms with E-state index in [2.05, 4.69) is 25.4 Å². The number of hydrogen-bond acceptors (Lipinski definition) is 5. The van der Waals surface area contributed by atoms with E-state index in [4.69, 9.17) is 11.6 Å². The number of nitrogens with zero attached hydrogens (tertiary/aromatic N) is 4. The van der Waals surface area contributed by atoms with E-state index >= 15 is 0 Å². The normalized spacial score (nSPS) is 11.0. The smallest absolute Gasteiger partial charge is 0.234 e. The van der Waals surface area contributed by atoms with Gasteiger partial charge < -0.3 is 10.3 Å². The van der Waals surface area contributed by atoms with Crippen LogP contribution in [-0.2, 0) is 4.79 Å². The Labute approximate surface area is 164 Å². The van der Waals surface area contributed by atoms with E-state index in [9.17, 15) is 4.79 Å². The number of anilines is 1. The van der Waals surface area contributed by atoms with Gasteiger partial charge in [-0.25, -0.2) is 14.6 Å². The van der Waals surface area contributed by atoms with Crippen LogP contribution in [0.1, 0.15) is 5.56 Å². The van der Waals surface area contributed by atoms with Crippen LogP contribution in [0.4, 0.5) is 5.69 Å². The number of aromatic nitrogens is 5. The number of fused-ring (bicyclic) bond motifs is 1. The molecule has 7 nitrogen and oxygen atoms in total. The molecule has 0 unspecified atom stereocenters. The van der Waals surface area contributed by atoms with Crippen molar-refractivity contribution >= 4 is 46.0 Å². The average Bonchev–Trinajstić information content (AvgIpc) is 3.29. The summed E-state index contributed by atoms with van der Waals surface area (Å²) in [6.45, 7) is 2.03. The number of hydrogen-bond donors (Lipinski definition) is 2. The monoisotopic (exact) mass is 398 g/mol. The van der Waals surface area contributed by atoms with Gasteiger partial charge in [0.15, 0.2) is 5.16 Å². The fourth-order valence-electron chi connectivity index (χ4n) is 2.63. The van der Waals surface area contributed by atoms with Gasteiger partial charge in [-0.3, -0.25) is 4.79 Å². The fourth-order valence-corrected chi connectivity index (χ4v) is 3.49. The van der Waals surface area contributed by atoms with Crippen molar-refractivity contribution < 1.29 is 4.79 Å². The second-order valence-corrected chi connectivity index (χ2v) is 7.30. The highest BCUT2D eigenvalue weighted by Gasteiger charge is 2.12. The third-order valence-electron chi connectivity index (χ3n) is 3.85. The van der Waals surface area contributed by atoms with E-state index in [-0.39, 0.29) is 11.7 Å². The molecule has 2 heterocycles. The molecular formula is C18H15ClN6OS. The summed E-state index contributed by atoms with van der Waals surface area (Å²) in [5, 5.41) is 8.20. The second-order valence-electron chi connectivity index (χ2n) is 5.90. The maximum absolute atomic E-state index is 12.4. The summed E-state index contributed by atoms with van der Waals surface area (Å²) in [6, 6.07) is 11.2. The molecule has 0 saturated carbocycles. The van der Waals surface area contributed by atoms with Crippen LogP contribution in [0.25, 0.3) is 16.7 Å². The zero-order valence-electron chi connectivity index (χ0n) is 14.3. The highest BCUT2D eigenvalue weighted by Crippen LogP contribution is 2.25. The molecule has 0 saturated heterocycles. The van der Waals surface area contributed by atoms with Crippen molar-refractivity contribution in [3.63, 3.8) is 0 Å². The molecule has 0 atom stereocenters. The van der Waals surface area contributed by atoms with Gasteiger partial charge in [0, 0.05) is 5.02 Å². The van der Waals surface area contributed by atoms with Gasteiger partial charge in [0.1, 0.15) is 12.7 Å². The van der Waals surface area contributed by atoms with Gasteiger partial charge in [-0.15, -0.1) is 0 Å². The number of imidazole rings is 1. The Morgan fingerprint density at radius 3 is 3.00 bits per heavy atom. The third-order valence-corrected chi connectivity index (χ3v) is 4.96. The minimum atomic E-state index is -0.166. The molecule has 4 rings (SSSR count). The molecule has 2 aromatic carbocycles. The number of benzene rings is 2. The van der Waals surface area contributed by atoms with Crippen LogP contribution >= 0.6 is 23.4 Å². The number of carbonyl (C=O) groups excluding carboxylic acids is 1. The van der Waals surface area contributed by atoms with Gasteiger partial charge in [-0.1, -0.05) is 29.4 Å². The molecular weight excluding hydrogens is 384 g/mol. The van der Waals surface area contributed by atoms with Crippen LogP contribution in [0.2, 0.25) is 5.02 Å². The molecule has 0 bridgehead atoms. The number of nitrogens with one attached hydrogen (secondary N) is 2. The maximum atomic E-state index is 12.4. The van der Waals surface area contributed by atoms with E-state index in [0.29, 0.717) is 21.6 Å². The van der Waals surface area contributed by atoms with Crippen LogP contribution in [0, 0.1) is 6.92 Å². The standard InChI is InChI=1S/C18H15ClN6OS/c1-11-2-4-13-14(6-11)24-18(23-13)27-8-17(26)22-15-7-12(19)3-5-16(15)25-10-20-9-21-25/h2-7,9-10H,8H2,1H3,(H,22,26)(H,23,24). The van der Waals surface area contributed by atoms with E-state index < -0.39 is 0 Å². The SMILES string of the molecule is Cc1ccc2nc(SCC(=O)Nc3cc(Cl)ccc3-n3cncn3)[nH]c2c1. The summed E-state index contributed by atoms with van der Waals surface area (Å²) in [7, 11) is 0. The predicted molar refractivity (Wildman–Crippen MR) is 107 cm³/mol. The first-order valence-electron chi connectivity index (χ1n) is 8.12. The van der Waals surface area contributed by atoms with Gasteiger partial charge in [0.05, 0.1) is 28.2 Å². The summed E-state index contributed by atoms with van der Waals surface area (Å²) in [5.74, 6) is 0.0440. The number of aryl methyl sites for hydroxylation is 1. The molecule has 0 aliphatic rings. The van der Waals surface area contributed by atoms with E-state index in [1.165, 1.54) is 18.1 Å². The maximum Gasteiger partial charge on any atom is 0.234 e. The van der Waals surface area contributed by atoms with Crippen molar-refractivity contribution in [2.75, 3.05) is 11.1 Å². The predicted octanol–water partition coefficient (Wildman–Crippen LogP) is 3.84. The highest BCUT2D eigenvalue weighted by atomic mass is 35.5. The lowest BCUT2D eigenvalue weighted by Crippen LogP contribution is -2.16. The Kier molecular flexibility index (Phi) is 4.83. The number of halogens is 1. The summed E-state index contributed by atoms with van der Waals surface area (Å²) in [4.78, 5) is 24.1. The van der Waals surface area contributed by atoms with Crippen molar-refractivity contribution in [1.82, 2.24) is 24.7 Å². The Hall–Kier alpha value is -2.84. The molecule has 9 heteroatoms. The lowest BCUT2D eigenvalue weighted by atomic mass is 10.2. The minimum absolute atomic E-state index is 0.166. The first-order valence-corrected chi connectivity index (χ1v) is 9.48. The van der Waals surface area contributed by atoms with Crippen LogP contribution in [0.5, 0.6) is 0 Å². The molecule has 2 N–H and O–H groups in total. The first kappa shape index (κ1) is 17.6. The van der Waals surface area contributed by atoms with Crippen molar-refractivity contribution in [2.45, 2.75) is 12.1 Å². The number of thioether (sulfide) groups is 1. The Morgan fingerprint density at radius 2 is 2.19 bits per heavy atom. The molecule has 2 aromatic heterocycles. The van der Waals surface area contributed by atoms with Gasteiger partial charge in [0.25, 0.3) is 0 Å². The van der Waals surface area contributed by atoms with Crippen molar-refractivity contribution in [1.29, 1.82) is 0 Å². The number of rotatable bonds is 5. The Bertz CT molecular complexity index is 1110. The topological polar surface area (TPSA) is 88.5 Å². The summed E-state index contributed by atoms with van der Waals surface area (Å²) >= 11 is 7.42. The lowest BCUT2D eigenvalue weighted by Gasteiger charge is -2.11. The Morgan fingerprint density at radius 1 is 1.30 bits per heavy atom.